The number of hydrogen-bond acceptors (Lipinski definition) is 3. The first kappa shape index (κ1) is 15.9. The van der Waals surface area contributed by atoms with E-state index in [1.807, 2.05) is 6.92 Å². The molecule has 0 unspecified atom stereocenters. The van der Waals surface area contributed by atoms with E-state index in [9.17, 15) is 4.79 Å². The van der Waals surface area contributed by atoms with Gasteiger partial charge in [0.15, 0.2) is 0 Å². The summed E-state index contributed by atoms with van der Waals surface area (Å²) in [5, 5.41) is 0. The zero-order valence-corrected chi connectivity index (χ0v) is 10.1. The highest BCUT2D eigenvalue weighted by Crippen LogP contribution is 2.33. The molecule has 0 aliphatic carbocycles. The highest BCUT2D eigenvalue weighted by atomic mass is 16.5. The molecule has 0 heterocycles. The lowest BCUT2D eigenvalue weighted by Gasteiger charge is -2.28. The fourth-order valence-corrected chi connectivity index (χ4v) is 1.76. The summed E-state index contributed by atoms with van der Waals surface area (Å²) in [7, 11) is 0. The molecule has 0 aromatic heterocycles. The summed E-state index contributed by atoms with van der Waals surface area (Å²) < 4.78 is 5.10. The van der Waals surface area contributed by atoms with E-state index in [4.69, 9.17) is 4.74 Å². The Labute approximate surface area is 87.8 Å². The maximum absolute atomic E-state index is 11.7. The van der Waals surface area contributed by atoms with Gasteiger partial charge >= 0.3 is 5.97 Å². The van der Waals surface area contributed by atoms with E-state index in [2.05, 4.69) is 20.8 Å². The number of hydrogen-bond donors (Lipinski definition) is 1. The van der Waals surface area contributed by atoms with Crippen LogP contribution >= 0.6 is 0 Å². The first-order chi connectivity index (χ1) is 6.16. The Morgan fingerprint density at radius 3 is 1.93 bits per heavy atom. The Hall–Kier alpha value is -0.570. The molecule has 0 saturated carbocycles. The molecule has 0 amide bonds. The summed E-state index contributed by atoms with van der Waals surface area (Å²) in [6.07, 6.45) is 3.76. The first-order valence-corrected chi connectivity index (χ1v) is 5.34. The van der Waals surface area contributed by atoms with E-state index in [1.165, 1.54) is 0 Å². The molecule has 3 N–H and O–H groups in total. The molecule has 0 bridgehead atoms. The van der Waals surface area contributed by atoms with E-state index < -0.39 is 0 Å². The predicted molar refractivity (Wildman–Crippen MR) is 59.6 cm³/mol. The molecule has 0 aliphatic heterocycles. The van der Waals surface area contributed by atoms with Gasteiger partial charge in [-0.15, -0.1) is 0 Å². The lowest BCUT2D eigenvalue weighted by molar-refractivity contribution is -0.156. The van der Waals surface area contributed by atoms with Gasteiger partial charge in [0.25, 0.3) is 0 Å². The first-order valence-electron chi connectivity index (χ1n) is 5.34. The lowest BCUT2D eigenvalue weighted by Crippen LogP contribution is -2.31. The van der Waals surface area contributed by atoms with Crippen LogP contribution in [0, 0.1) is 5.41 Å². The topological polar surface area (TPSA) is 61.3 Å². The fourth-order valence-electron chi connectivity index (χ4n) is 1.76. The van der Waals surface area contributed by atoms with Crippen LogP contribution in [0.1, 0.15) is 53.4 Å². The summed E-state index contributed by atoms with van der Waals surface area (Å²) >= 11 is 0. The second-order valence-electron chi connectivity index (χ2n) is 3.46. The van der Waals surface area contributed by atoms with Gasteiger partial charge in [-0.05, 0) is 26.2 Å². The van der Waals surface area contributed by atoms with Crippen molar-refractivity contribution in [2.45, 2.75) is 53.4 Å². The summed E-state index contributed by atoms with van der Waals surface area (Å²) in [6, 6.07) is 0. The molecule has 0 saturated heterocycles. The Balaban J connectivity index is 0. The Morgan fingerprint density at radius 2 is 1.64 bits per heavy atom. The van der Waals surface area contributed by atoms with Gasteiger partial charge in [-0.25, -0.2) is 0 Å². The van der Waals surface area contributed by atoms with Gasteiger partial charge in [0.1, 0.15) is 0 Å². The Kier molecular flexibility index (Phi) is 8.85. The minimum absolute atomic E-state index is 0. The third-order valence-corrected chi connectivity index (χ3v) is 2.79. The molecule has 3 nitrogen and oxygen atoms in total. The SMILES string of the molecule is CCCC(CC)(CC)C(=O)OCC.N. The maximum atomic E-state index is 11.7. The van der Waals surface area contributed by atoms with Gasteiger partial charge in [0, 0.05) is 0 Å². The van der Waals surface area contributed by atoms with Crippen LogP contribution < -0.4 is 6.15 Å². The summed E-state index contributed by atoms with van der Waals surface area (Å²) in [6.45, 7) is 8.59. The highest BCUT2D eigenvalue weighted by molar-refractivity contribution is 5.76. The van der Waals surface area contributed by atoms with Crippen LogP contribution in [0.15, 0.2) is 0 Å². The Morgan fingerprint density at radius 1 is 1.14 bits per heavy atom. The third kappa shape index (κ3) is 3.66. The predicted octanol–water partition coefficient (Wildman–Crippen LogP) is 3.32. The molecule has 0 atom stereocenters. The van der Waals surface area contributed by atoms with Crippen molar-refractivity contribution in [3.8, 4) is 0 Å². The molecule has 0 radical (unpaired) electrons. The second-order valence-corrected chi connectivity index (χ2v) is 3.46. The van der Waals surface area contributed by atoms with E-state index in [1.54, 1.807) is 0 Å². The van der Waals surface area contributed by atoms with Gasteiger partial charge in [0.05, 0.1) is 12.0 Å². The van der Waals surface area contributed by atoms with Crippen molar-refractivity contribution < 1.29 is 9.53 Å². The van der Waals surface area contributed by atoms with Gasteiger partial charge in [0.2, 0.25) is 0 Å². The lowest BCUT2D eigenvalue weighted by atomic mass is 9.78. The van der Waals surface area contributed by atoms with Gasteiger partial charge in [-0.3, -0.25) is 4.79 Å². The summed E-state index contributed by atoms with van der Waals surface area (Å²) in [5.74, 6) is -0.0122. The number of carbonyl (C=O) groups is 1. The maximum Gasteiger partial charge on any atom is 0.312 e. The molecule has 3 heteroatoms. The fraction of sp³-hybridized carbons (Fsp3) is 0.909. The third-order valence-electron chi connectivity index (χ3n) is 2.79. The van der Waals surface area contributed by atoms with Gasteiger partial charge in [-0.1, -0.05) is 27.2 Å². The zero-order chi connectivity index (χ0) is 10.3. The molecule has 14 heavy (non-hydrogen) atoms. The Bertz CT molecular complexity index is 153. The van der Waals surface area contributed by atoms with E-state index >= 15 is 0 Å². The standard InChI is InChI=1S/C11H22O2.H3N/c1-5-9-11(6-2,7-3)10(12)13-8-4;/h5-9H2,1-4H3;1H3. The number of ether oxygens (including phenoxy) is 1. The van der Waals surface area contributed by atoms with Crippen LogP contribution in [0.4, 0.5) is 0 Å². The van der Waals surface area contributed by atoms with Crippen molar-refractivity contribution in [3.05, 3.63) is 0 Å². The summed E-state index contributed by atoms with van der Waals surface area (Å²) in [4.78, 5) is 11.7. The minimum atomic E-state index is -0.218. The summed E-state index contributed by atoms with van der Waals surface area (Å²) in [5.41, 5.74) is -0.218. The number of carbonyl (C=O) groups excluding carboxylic acids is 1. The van der Waals surface area contributed by atoms with Crippen LogP contribution in [0.3, 0.4) is 0 Å². The van der Waals surface area contributed by atoms with Crippen LogP contribution in [0.25, 0.3) is 0 Å². The van der Waals surface area contributed by atoms with E-state index in [0.29, 0.717) is 6.61 Å². The van der Waals surface area contributed by atoms with Crippen molar-refractivity contribution in [2.75, 3.05) is 6.61 Å². The number of rotatable bonds is 6. The van der Waals surface area contributed by atoms with Crippen LogP contribution in [0.2, 0.25) is 0 Å². The largest absolute Gasteiger partial charge is 0.466 e. The smallest absolute Gasteiger partial charge is 0.312 e. The van der Waals surface area contributed by atoms with Crippen LogP contribution in [-0.2, 0) is 9.53 Å². The molecule has 0 rings (SSSR count). The molecule has 86 valence electrons. The number of esters is 1. The van der Waals surface area contributed by atoms with Crippen molar-refractivity contribution in [2.24, 2.45) is 5.41 Å². The molecular weight excluding hydrogens is 178 g/mol. The normalized spacial score (nSPS) is 10.6. The second kappa shape index (κ2) is 7.80. The zero-order valence-electron chi connectivity index (χ0n) is 10.1. The highest BCUT2D eigenvalue weighted by Gasteiger charge is 2.34. The van der Waals surface area contributed by atoms with Crippen molar-refractivity contribution >= 4 is 5.97 Å². The van der Waals surface area contributed by atoms with Crippen molar-refractivity contribution in [3.63, 3.8) is 0 Å². The molecule has 0 aliphatic rings. The van der Waals surface area contributed by atoms with Gasteiger partial charge in [-0.2, -0.15) is 0 Å². The molecule has 0 fully saturated rings. The van der Waals surface area contributed by atoms with Gasteiger partial charge < -0.3 is 10.9 Å². The van der Waals surface area contributed by atoms with Crippen LogP contribution in [-0.4, -0.2) is 12.6 Å². The molecule has 0 aromatic carbocycles. The average Bonchev–Trinajstić information content (AvgIpc) is 2.14. The minimum Gasteiger partial charge on any atom is -0.466 e. The molecule has 0 aromatic rings. The van der Waals surface area contributed by atoms with E-state index in [0.717, 1.165) is 25.7 Å². The van der Waals surface area contributed by atoms with Crippen molar-refractivity contribution in [1.82, 2.24) is 6.15 Å². The average molecular weight is 203 g/mol. The molecule has 0 spiro atoms. The molecular formula is C11H25NO2. The quantitative estimate of drug-likeness (QED) is 0.673. The van der Waals surface area contributed by atoms with Crippen molar-refractivity contribution in [1.29, 1.82) is 0 Å². The monoisotopic (exact) mass is 203 g/mol. The van der Waals surface area contributed by atoms with Crippen LogP contribution in [0.5, 0.6) is 0 Å². The van der Waals surface area contributed by atoms with E-state index in [-0.39, 0.29) is 17.5 Å².